The van der Waals surface area contributed by atoms with Gasteiger partial charge in [-0.25, -0.2) is 12.8 Å². The summed E-state index contributed by atoms with van der Waals surface area (Å²) in [4.78, 5) is -0.480. The zero-order valence-corrected chi connectivity index (χ0v) is 11.2. The molecule has 2 aromatic rings. The Balaban J connectivity index is 2.49. The molecule has 3 N–H and O–H groups in total. The molecule has 0 spiro atoms. The van der Waals surface area contributed by atoms with E-state index in [0.29, 0.717) is 0 Å². The molecule has 0 radical (unpaired) electrons. The number of nitrogen functional groups attached to an aromatic ring is 1. The molecule has 0 fully saturated rings. The monoisotopic (exact) mass is 284 g/mol. The molecule has 2 rings (SSSR count). The summed E-state index contributed by atoms with van der Waals surface area (Å²) in [5.74, 6) is -0.580. The van der Waals surface area contributed by atoms with Gasteiger partial charge in [-0.2, -0.15) is 5.10 Å². The Kier molecular flexibility index (Phi) is 3.19. The smallest absolute Gasteiger partial charge is 0.266 e. The van der Waals surface area contributed by atoms with E-state index in [2.05, 4.69) is 9.82 Å². The van der Waals surface area contributed by atoms with Gasteiger partial charge in [0.15, 0.2) is 0 Å². The fraction of sp³-hybridized carbons (Fsp3) is 0.182. The van der Waals surface area contributed by atoms with Gasteiger partial charge in [-0.1, -0.05) is 0 Å². The largest absolute Gasteiger partial charge is 0.399 e. The zero-order chi connectivity index (χ0) is 14.2. The van der Waals surface area contributed by atoms with Crippen molar-refractivity contribution >= 4 is 21.5 Å². The van der Waals surface area contributed by atoms with Crippen LogP contribution in [0.5, 0.6) is 0 Å². The third-order valence-electron chi connectivity index (χ3n) is 2.59. The van der Waals surface area contributed by atoms with E-state index in [1.165, 1.54) is 29.9 Å². The van der Waals surface area contributed by atoms with Gasteiger partial charge in [0.1, 0.15) is 16.5 Å². The van der Waals surface area contributed by atoms with Gasteiger partial charge in [-0.15, -0.1) is 0 Å². The van der Waals surface area contributed by atoms with Gasteiger partial charge in [-0.3, -0.25) is 9.40 Å². The second-order valence-corrected chi connectivity index (χ2v) is 5.75. The number of halogens is 1. The molecule has 8 heteroatoms. The number of anilines is 2. The third-order valence-corrected chi connectivity index (χ3v) is 3.95. The van der Waals surface area contributed by atoms with Crippen molar-refractivity contribution < 1.29 is 12.8 Å². The van der Waals surface area contributed by atoms with Crippen LogP contribution in [0.4, 0.5) is 15.9 Å². The minimum Gasteiger partial charge on any atom is -0.399 e. The first-order valence-electron chi connectivity index (χ1n) is 5.37. The van der Waals surface area contributed by atoms with Crippen LogP contribution in [0.25, 0.3) is 0 Å². The number of hydrogen-bond acceptors (Lipinski definition) is 4. The summed E-state index contributed by atoms with van der Waals surface area (Å²) in [6.07, 6.45) is 1.43. The van der Waals surface area contributed by atoms with Crippen LogP contribution in [0, 0.1) is 12.7 Å². The van der Waals surface area contributed by atoms with Crippen molar-refractivity contribution in [3.8, 4) is 0 Å². The Hall–Kier alpha value is -2.09. The average Bonchev–Trinajstić information content (AvgIpc) is 2.69. The quantitative estimate of drug-likeness (QED) is 0.830. The van der Waals surface area contributed by atoms with Crippen LogP contribution in [0.3, 0.4) is 0 Å². The van der Waals surface area contributed by atoms with Gasteiger partial charge >= 0.3 is 0 Å². The van der Waals surface area contributed by atoms with E-state index in [-0.39, 0.29) is 17.1 Å². The first kappa shape index (κ1) is 13.3. The highest BCUT2D eigenvalue weighted by atomic mass is 32.2. The lowest BCUT2D eigenvalue weighted by Crippen LogP contribution is -2.17. The minimum atomic E-state index is -4.05. The number of aryl methyl sites for hydroxylation is 2. The Bertz CT molecular complexity index is 724. The predicted molar refractivity (Wildman–Crippen MR) is 69.6 cm³/mol. The van der Waals surface area contributed by atoms with Crippen LogP contribution in [0.15, 0.2) is 29.3 Å². The predicted octanol–water partition coefficient (Wildman–Crippen LogP) is 1.25. The molecule has 0 amide bonds. The number of nitrogens with two attached hydrogens (primary N) is 1. The number of aromatic nitrogens is 2. The molecular formula is C11H13FN4O2S. The molecule has 6 nitrogen and oxygen atoms in total. The molecule has 0 bridgehead atoms. The van der Waals surface area contributed by atoms with Gasteiger partial charge in [0.25, 0.3) is 10.0 Å². The number of hydrogen-bond donors (Lipinski definition) is 2. The molecule has 0 unspecified atom stereocenters. The van der Waals surface area contributed by atoms with E-state index in [4.69, 9.17) is 5.73 Å². The highest BCUT2D eigenvalue weighted by Gasteiger charge is 2.22. The Morgan fingerprint density at radius 2 is 2.11 bits per heavy atom. The van der Waals surface area contributed by atoms with Gasteiger partial charge in [0.2, 0.25) is 0 Å². The molecular weight excluding hydrogens is 271 g/mol. The lowest BCUT2D eigenvalue weighted by Gasteiger charge is -2.10. The molecule has 1 aromatic heterocycles. The topological polar surface area (TPSA) is 90.0 Å². The first-order valence-corrected chi connectivity index (χ1v) is 6.86. The summed E-state index contributed by atoms with van der Waals surface area (Å²) >= 11 is 0. The average molecular weight is 284 g/mol. The Labute approximate surface area is 110 Å². The summed E-state index contributed by atoms with van der Waals surface area (Å²) in [7, 11) is -2.48. The molecule has 0 aliphatic heterocycles. The lowest BCUT2D eigenvalue weighted by molar-refractivity contribution is 0.565. The Morgan fingerprint density at radius 3 is 2.68 bits per heavy atom. The van der Waals surface area contributed by atoms with Gasteiger partial charge < -0.3 is 5.73 Å². The second-order valence-electron chi connectivity index (χ2n) is 4.10. The number of nitrogens with zero attached hydrogens (tertiary/aromatic N) is 2. The van der Waals surface area contributed by atoms with E-state index < -0.39 is 20.7 Å². The van der Waals surface area contributed by atoms with Crippen LogP contribution in [0.2, 0.25) is 0 Å². The molecule has 0 saturated heterocycles. The van der Waals surface area contributed by atoms with Gasteiger partial charge in [-0.05, 0) is 24.6 Å². The molecule has 1 heterocycles. The van der Waals surface area contributed by atoms with E-state index in [1.807, 2.05) is 0 Å². The fourth-order valence-corrected chi connectivity index (χ4v) is 2.90. The van der Waals surface area contributed by atoms with Crippen molar-refractivity contribution in [1.82, 2.24) is 9.78 Å². The van der Waals surface area contributed by atoms with Crippen LogP contribution in [-0.2, 0) is 17.1 Å². The molecule has 1 aromatic carbocycles. The summed E-state index contributed by atoms with van der Waals surface area (Å²) in [5, 5.41) is 3.82. The van der Waals surface area contributed by atoms with Crippen molar-refractivity contribution in [3.63, 3.8) is 0 Å². The normalized spacial score (nSPS) is 11.5. The highest BCUT2D eigenvalue weighted by molar-refractivity contribution is 7.92. The minimum absolute atomic E-state index is 0.172. The number of rotatable bonds is 3. The summed E-state index contributed by atoms with van der Waals surface area (Å²) in [6, 6.07) is 3.92. The standard InChI is InChI=1S/C11H13FN4O2S/c1-7-5-8(13)6-9(11(7)12)19(17,18)15-10-3-4-14-16(10)2/h3-6,15H,13H2,1-2H3. The molecule has 0 aliphatic carbocycles. The third kappa shape index (κ3) is 2.53. The second kappa shape index (κ2) is 4.54. The first-order chi connectivity index (χ1) is 8.81. The molecule has 0 atom stereocenters. The van der Waals surface area contributed by atoms with E-state index in [1.54, 1.807) is 7.05 Å². The van der Waals surface area contributed by atoms with E-state index in [9.17, 15) is 12.8 Å². The summed E-state index contributed by atoms with van der Waals surface area (Å²) < 4.78 is 41.8. The summed E-state index contributed by atoms with van der Waals surface area (Å²) in [5.41, 5.74) is 5.91. The number of sulfonamides is 1. The van der Waals surface area contributed by atoms with Crippen LogP contribution in [0.1, 0.15) is 5.56 Å². The molecule has 102 valence electrons. The zero-order valence-electron chi connectivity index (χ0n) is 10.4. The number of nitrogens with one attached hydrogen (secondary N) is 1. The SMILES string of the molecule is Cc1cc(N)cc(S(=O)(=O)Nc2ccnn2C)c1F. The fourth-order valence-electron chi connectivity index (χ4n) is 1.63. The van der Waals surface area contributed by atoms with Crippen molar-refractivity contribution in [2.24, 2.45) is 7.05 Å². The van der Waals surface area contributed by atoms with Crippen molar-refractivity contribution in [2.45, 2.75) is 11.8 Å². The molecule has 0 saturated carbocycles. The maximum atomic E-state index is 13.9. The maximum absolute atomic E-state index is 13.9. The number of benzene rings is 1. The van der Waals surface area contributed by atoms with Gasteiger partial charge in [0.05, 0.1) is 6.20 Å². The molecule has 0 aliphatic rings. The van der Waals surface area contributed by atoms with Crippen molar-refractivity contribution in [1.29, 1.82) is 0 Å². The van der Waals surface area contributed by atoms with E-state index in [0.717, 1.165) is 6.07 Å². The molecule has 19 heavy (non-hydrogen) atoms. The van der Waals surface area contributed by atoms with Crippen LogP contribution >= 0.6 is 0 Å². The van der Waals surface area contributed by atoms with Crippen molar-refractivity contribution in [3.05, 3.63) is 35.8 Å². The van der Waals surface area contributed by atoms with Gasteiger partial charge in [0, 0.05) is 18.8 Å². The Morgan fingerprint density at radius 1 is 1.42 bits per heavy atom. The van der Waals surface area contributed by atoms with Crippen LogP contribution in [-0.4, -0.2) is 18.2 Å². The highest BCUT2D eigenvalue weighted by Crippen LogP contribution is 2.23. The van der Waals surface area contributed by atoms with Crippen molar-refractivity contribution in [2.75, 3.05) is 10.5 Å². The maximum Gasteiger partial charge on any atom is 0.266 e. The van der Waals surface area contributed by atoms with E-state index >= 15 is 0 Å². The van der Waals surface area contributed by atoms with Crippen LogP contribution < -0.4 is 10.5 Å². The summed E-state index contributed by atoms with van der Waals surface area (Å²) in [6.45, 7) is 1.45. The lowest BCUT2D eigenvalue weighted by atomic mass is 10.2.